The van der Waals surface area contributed by atoms with E-state index in [4.69, 9.17) is 4.74 Å². The van der Waals surface area contributed by atoms with Crippen molar-refractivity contribution in [2.24, 2.45) is 0 Å². The van der Waals surface area contributed by atoms with Gasteiger partial charge in [-0.15, -0.1) is 0 Å². The molecule has 0 spiro atoms. The van der Waals surface area contributed by atoms with Crippen molar-refractivity contribution < 1.29 is 14.6 Å². The number of aromatic hydroxyl groups is 1. The Morgan fingerprint density at radius 2 is 1.73 bits per heavy atom. The lowest BCUT2D eigenvalue weighted by atomic mass is 9.95. The molecule has 166 valence electrons. The monoisotopic (exact) mass is 439 g/mol. The fraction of sp³-hybridized carbons (Fsp3) is 0.185. The molecule has 1 atom stereocenters. The van der Waals surface area contributed by atoms with E-state index in [1.807, 2.05) is 66.4 Å². The lowest BCUT2D eigenvalue weighted by Gasteiger charge is -2.26. The molecule has 0 bridgehead atoms. The molecule has 2 heterocycles. The average Bonchev–Trinajstić information content (AvgIpc) is 3.38. The second-order valence-electron chi connectivity index (χ2n) is 8.02. The molecule has 6 heteroatoms. The molecule has 0 saturated heterocycles. The number of carbonyl (C=O) groups is 1. The van der Waals surface area contributed by atoms with Crippen LogP contribution in [-0.2, 0) is 6.42 Å². The summed E-state index contributed by atoms with van der Waals surface area (Å²) < 4.78 is 5.61. The van der Waals surface area contributed by atoms with Crippen LogP contribution in [0.1, 0.15) is 40.1 Å². The zero-order chi connectivity index (χ0) is 22.8. The number of rotatable bonds is 7. The van der Waals surface area contributed by atoms with Gasteiger partial charge in [0.1, 0.15) is 22.9 Å². The molecule has 3 aromatic carbocycles. The fourth-order valence-electron chi connectivity index (χ4n) is 4.46. The SMILES string of the molecule is CCOc1ccc(C2c3c(-c4ccccc4O)n[nH]c3C(=O)N2CCc2ccccc2)cc1. The number of nitrogens with zero attached hydrogens (tertiary/aromatic N) is 2. The maximum absolute atomic E-state index is 13.5. The van der Waals surface area contributed by atoms with Gasteiger partial charge in [0.15, 0.2) is 0 Å². The second-order valence-corrected chi connectivity index (χ2v) is 8.02. The highest BCUT2D eigenvalue weighted by Crippen LogP contribution is 2.44. The van der Waals surface area contributed by atoms with Crippen molar-refractivity contribution in [2.45, 2.75) is 19.4 Å². The molecule has 0 aliphatic carbocycles. The highest BCUT2D eigenvalue weighted by atomic mass is 16.5. The Bertz CT molecular complexity index is 1270. The minimum Gasteiger partial charge on any atom is -0.507 e. The van der Waals surface area contributed by atoms with Gasteiger partial charge in [-0.05, 0) is 48.7 Å². The van der Waals surface area contributed by atoms with Crippen LogP contribution in [0.3, 0.4) is 0 Å². The van der Waals surface area contributed by atoms with Gasteiger partial charge in [-0.25, -0.2) is 0 Å². The molecule has 6 nitrogen and oxygen atoms in total. The van der Waals surface area contributed by atoms with Crippen LogP contribution < -0.4 is 4.74 Å². The van der Waals surface area contributed by atoms with E-state index in [1.54, 1.807) is 12.1 Å². The Hall–Kier alpha value is -4.06. The van der Waals surface area contributed by atoms with Crippen LogP contribution in [0.5, 0.6) is 11.5 Å². The van der Waals surface area contributed by atoms with Crippen molar-refractivity contribution in [2.75, 3.05) is 13.2 Å². The van der Waals surface area contributed by atoms with Crippen molar-refractivity contribution in [3.05, 3.63) is 101 Å². The Balaban J connectivity index is 1.57. The molecule has 5 rings (SSSR count). The minimum atomic E-state index is -0.319. The number of phenols is 1. The zero-order valence-corrected chi connectivity index (χ0v) is 18.4. The number of nitrogens with one attached hydrogen (secondary N) is 1. The first-order chi connectivity index (χ1) is 16.2. The average molecular weight is 440 g/mol. The number of amides is 1. The summed E-state index contributed by atoms with van der Waals surface area (Å²) in [6.07, 6.45) is 0.740. The van der Waals surface area contributed by atoms with Gasteiger partial charge >= 0.3 is 0 Å². The topological polar surface area (TPSA) is 78.5 Å². The van der Waals surface area contributed by atoms with Gasteiger partial charge < -0.3 is 14.7 Å². The standard InChI is InChI=1S/C27H25N3O3/c1-2-33-20-14-12-19(13-15-20)26-23-24(21-10-6-7-11-22(21)31)28-29-25(23)27(32)30(26)17-16-18-8-4-3-5-9-18/h3-15,26,31H,2,16-17H2,1H3,(H,28,29). The summed E-state index contributed by atoms with van der Waals surface area (Å²) in [6.45, 7) is 3.10. The number of aromatic amines is 1. The van der Waals surface area contributed by atoms with E-state index in [9.17, 15) is 9.90 Å². The van der Waals surface area contributed by atoms with Crippen molar-refractivity contribution in [3.8, 4) is 22.8 Å². The van der Waals surface area contributed by atoms with Gasteiger partial charge in [0.25, 0.3) is 5.91 Å². The van der Waals surface area contributed by atoms with E-state index >= 15 is 0 Å². The van der Waals surface area contributed by atoms with Crippen molar-refractivity contribution in [3.63, 3.8) is 0 Å². The van der Waals surface area contributed by atoms with Gasteiger partial charge in [-0.2, -0.15) is 5.10 Å². The maximum atomic E-state index is 13.5. The summed E-state index contributed by atoms with van der Waals surface area (Å²) in [7, 11) is 0. The normalized spacial score (nSPS) is 15.0. The molecule has 1 aliphatic rings. The third-order valence-electron chi connectivity index (χ3n) is 6.01. The predicted molar refractivity (Wildman–Crippen MR) is 126 cm³/mol. The summed E-state index contributed by atoms with van der Waals surface area (Å²) in [5, 5.41) is 17.9. The maximum Gasteiger partial charge on any atom is 0.273 e. The number of para-hydroxylation sites is 1. The second kappa shape index (κ2) is 8.82. The van der Waals surface area contributed by atoms with Crippen molar-refractivity contribution in [1.29, 1.82) is 0 Å². The van der Waals surface area contributed by atoms with Gasteiger partial charge in [0, 0.05) is 17.7 Å². The molecule has 0 saturated carbocycles. The van der Waals surface area contributed by atoms with Gasteiger partial charge in [0.05, 0.1) is 12.6 Å². The number of benzene rings is 3. The number of fused-ring (bicyclic) bond motifs is 1. The summed E-state index contributed by atoms with van der Waals surface area (Å²) in [6, 6.07) is 24.7. The molecule has 4 aromatic rings. The number of H-pyrrole nitrogens is 1. The van der Waals surface area contributed by atoms with Crippen molar-refractivity contribution >= 4 is 5.91 Å². The predicted octanol–water partition coefficient (Wildman–Crippen LogP) is 4.97. The highest BCUT2D eigenvalue weighted by molar-refractivity contribution is 6.00. The summed E-state index contributed by atoms with van der Waals surface area (Å²) in [5.74, 6) is 0.830. The first-order valence-electron chi connectivity index (χ1n) is 11.1. The Labute approximate surface area is 192 Å². The molecular formula is C27H25N3O3. The van der Waals surface area contributed by atoms with E-state index in [-0.39, 0.29) is 17.7 Å². The summed E-state index contributed by atoms with van der Waals surface area (Å²) in [4.78, 5) is 15.4. The molecule has 0 fully saturated rings. The lowest BCUT2D eigenvalue weighted by molar-refractivity contribution is 0.0746. The molecular weight excluding hydrogens is 414 g/mol. The van der Waals surface area contributed by atoms with Crippen LogP contribution in [0.15, 0.2) is 78.9 Å². The molecule has 1 aliphatic heterocycles. The van der Waals surface area contributed by atoms with Crippen molar-refractivity contribution in [1.82, 2.24) is 15.1 Å². The van der Waals surface area contributed by atoms with E-state index in [1.165, 1.54) is 5.56 Å². The van der Waals surface area contributed by atoms with E-state index < -0.39 is 0 Å². The Morgan fingerprint density at radius 1 is 1.00 bits per heavy atom. The Morgan fingerprint density at radius 3 is 2.45 bits per heavy atom. The van der Waals surface area contributed by atoms with E-state index in [0.29, 0.717) is 30.1 Å². The first kappa shape index (κ1) is 20.8. The van der Waals surface area contributed by atoms with E-state index in [0.717, 1.165) is 23.3 Å². The number of carbonyl (C=O) groups excluding carboxylic acids is 1. The Kier molecular flexibility index (Phi) is 5.57. The molecule has 1 aromatic heterocycles. The molecule has 0 radical (unpaired) electrons. The van der Waals surface area contributed by atoms with Crippen LogP contribution >= 0.6 is 0 Å². The third kappa shape index (κ3) is 3.84. The number of phenolic OH excluding ortho intramolecular Hbond substituents is 1. The number of ether oxygens (including phenoxy) is 1. The molecule has 33 heavy (non-hydrogen) atoms. The van der Waals surface area contributed by atoms with Crippen LogP contribution in [-0.4, -0.2) is 39.3 Å². The number of hydrogen-bond acceptors (Lipinski definition) is 4. The highest BCUT2D eigenvalue weighted by Gasteiger charge is 2.42. The van der Waals surface area contributed by atoms with Crippen LogP contribution in [0.25, 0.3) is 11.3 Å². The smallest absolute Gasteiger partial charge is 0.273 e. The van der Waals surface area contributed by atoms with Gasteiger partial charge in [-0.1, -0.05) is 54.6 Å². The van der Waals surface area contributed by atoms with E-state index in [2.05, 4.69) is 22.3 Å². The minimum absolute atomic E-state index is 0.0889. The molecule has 1 unspecified atom stereocenters. The first-order valence-corrected chi connectivity index (χ1v) is 11.1. The van der Waals surface area contributed by atoms with Crippen LogP contribution in [0, 0.1) is 0 Å². The third-order valence-corrected chi connectivity index (χ3v) is 6.01. The molecule has 2 N–H and O–H groups in total. The van der Waals surface area contributed by atoms with Crippen LogP contribution in [0.4, 0.5) is 0 Å². The summed E-state index contributed by atoms with van der Waals surface area (Å²) >= 11 is 0. The largest absolute Gasteiger partial charge is 0.507 e. The lowest BCUT2D eigenvalue weighted by Crippen LogP contribution is -2.31. The quantitative estimate of drug-likeness (QED) is 0.426. The number of hydrogen-bond donors (Lipinski definition) is 2. The van der Waals surface area contributed by atoms with Crippen LogP contribution in [0.2, 0.25) is 0 Å². The number of aromatic nitrogens is 2. The molecule has 1 amide bonds. The summed E-state index contributed by atoms with van der Waals surface area (Å²) in [5.41, 5.74) is 4.60. The zero-order valence-electron chi connectivity index (χ0n) is 18.4. The van der Waals surface area contributed by atoms with Gasteiger partial charge in [-0.3, -0.25) is 9.89 Å². The van der Waals surface area contributed by atoms with Gasteiger partial charge in [0.2, 0.25) is 0 Å². The fourth-order valence-corrected chi connectivity index (χ4v) is 4.46.